The molecule has 0 spiro atoms. The highest BCUT2D eigenvalue weighted by molar-refractivity contribution is 7.99. The Kier molecular flexibility index (Phi) is 6.42. The molecule has 1 aromatic carbocycles. The number of fused-ring (bicyclic) bond motifs is 1. The summed E-state index contributed by atoms with van der Waals surface area (Å²) in [5, 5.41) is 5.92. The summed E-state index contributed by atoms with van der Waals surface area (Å²) in [5.41, 5.74) is 1.12. The number of aryl methyl sites for hydroxylation is 1. The average molecular weight is 419 g/mol. The molecule has 28 heavy (non-hydrogen) atoms. The van der Waals surface area contributed by atoms with E-state index in [1.807, 2.05) is 12.3 Å². The normalized spacial score (nSPS) is 10.8. The zero-order valence-electron chi connectivity index (χ0n) is 15.3. The van der Waals surface area contributed by atoms with Crippen molar-refractivity contribution in [2.24, 2.45) is 0 Å². The van der Waals surface area contributed by atoms with Crippen LogP contribution in [0.4, 0.5) is 5.13 Å². The maximum absolute atomic E-state index is 12.8. The predicted molar refractivity (Wildman–Crippen MR) is 109 cm³/mol. The van der Waals surface area contributed by atoms with Crippen molar-refractivity contribution in [2.75, 3.05) is 18.2 Å². The fourth-order valence-electron chi connectivity index (χ4n) is 2.46. The van der Waals surface area contributed by atoms with Crippen LogP contribution in [0.25, 0.3) is 10.9 Å². The minimum absolute atomic E-state index is 0.0363. The number of hydrogen-bond acceptors (Lipinski definition) is 8. The van der Waals surface area contributed by atoms with E-state index >= 15 is 0 Å². The minimum Gasteiger partial charge on any atom is -0.469 e. The summed E-state index contributed by atoms with van der Waals surface area (Å²) in [5.74, 6) is -0.615. The average Bonchev–Trinajstić information content (AvgIpc) is 3.10. The first-order valence-corrected chi connectivity index (χ1v) is 10.3. The molecule has 146 valence electrons. The first kappa shape index (κ1) is 20.0. The number of esters is 1. The molecule has 0 aliphatic carbocycles. The molecular weight excluding hydrogens is 400 g/mol. The molecule has 0 radical (unpaired) electrons. The maximum atomic E-state index is 12.8. The highest BCUT2D eigenvalue weighted by atomic mass is 32.2. The van der Waals surface area contributed by atoms with Gasteiger partial charge in [-0.25, -0.2) is 9.97 Å². The number of carbonyl (C=O) groups is 2. The van der Waals surface area contributed by atoms with E-state index in [0.29, 0.717) is 21.2 Å². The van der Waals surface area contributed by atoms with Crippen molar-refractivity contribution in [1.29, 1.82) is 0 Å². The summed E-state index contributed by atoms with van der Waals surface area (Å²) >= 11 is 2.48. The van der Waals surface area contributed by atoms with Crippen molar-refractivity contribution in [3.63, 3.8) is 0 Å². The minimum atomic E-state index is -0.423. The highest BCUT2D eigenvalue weighted by Crippen LogP contribution is 2.20. The van der Waals surface area contributed by atoms with E-state index < -0.39 is 5.97 Å². The van der Waals surface area contributed by atoms with Crippen molar-refractivity contribution < 1.29 is 14.3 Å². The van der Waals surface area contributed by atoms with Gasteiger partial charge in [0.25, 0.3) is 5.56 Å². The third-order valence-corrected chi connectivity index (χ3v) is 5.64. The number of benzene rings is 1. The third-order valence-electron chi connectivity index (χ3n) is 3.79. The van der Waals surface area contributed by atoms with Crippen molar-refractivity contribution in [1.82, 2.24) is 14.5 Å². The van der Waals surface area contributed by atoms with Gasteiger partial charge in [0, 0.05) is 11.9 Å². The van der Waals surface area contributed by atoms with E-state index in [1.54, 1.807) is 24.3 Å². The van der Waals surface area contributed by atoms with Gasteiger partial charge >= 0.3 is 5.97 Å². The second kappa shape index (κ2) is 8.98. The number of hydrogen-bond donors (Lipinski definition) is 1. The predicted octanol–water partition coefficient (Wildman–Crippen LogP) is 2.46. The van der Waals surface area contributed by atoms with Crippen molar-refractivity contribution in [2.45, 2.75) is 25.0 Å². The van der Waals surface area contributed by atoms with E-state index in [-0.39, 0.29) is 30.2 Å². The number of amides is 1. The monoisotopic (exact) mass is 418 g/mol. The lowest BCUT2D eigenvalue weighted by molar-refractivity contribution is -0.140. The maximum Gasteiger partial charge on any atom is 0.307 e. The lowest BCUT2D eigenvalue weighted by Gasteiger charge is -2.12. The van der Waals surface area contributed by atoms with Crippen molar-refractivity contribution in [3.05, 3.63) is 45.7 Å². The summed E-state index contributed by atoms with van der Waals surface area (Å²) in [7, 11) is 1.30. The number of aromatic nitrogens is 3. The Morgan fingerprint density at radius 3 is 2.79 bits per heavy atom. The summed E-state index contributed by atoms with van der Waals surface area (Å²) in [4.78, 5) is 45.3. The first-order valence-electron chi connectivity index (χ1n) is 8.39. The van der Waals surface area contributed by atoms with E-state index in [9.17, 15) is 14.4 Å². The van der Waals surface area contributed by atoms with Crippen LogP contribution in [-0.2, 0) is 20.9 Å². The largest absolute Gasteiger partial charge is 0.469 e. The molecule has 3 aromatic rings. The van der Waals surface area contributed by atoms with Gasteiger partial charge in [-0.15, -0.1) is 11.3 Å². The lowest BCUT2D eigenvalue weighted by Crippen LogP contribution is -2.25. The highest BCUT2D eigenvalue weighted by Gasteiger charge is 2.15. The molecule has 0 aliphatic rings. The fourth-order valence-corrected chi connectivity index (χ4v) is 3.99. The fraction of sp³-hybridized carbons (Fsp3) is 0.278. The SMILES string of the molecule is COC(=O)CCn1c(SCC(=O)Nc2nc(C)cs2)nc2ccccc2c1=O. The third kappa shape index (κ3) is 4.76. The van der Waals surface area contributed by atoms with Crippen LogP contribution in [0, 0.1) is 6.92 Å². The Morgan fingerprint density at radius 2 is 2.07 bits per heavy atom. The van der Waals surface area contributed by atoms with Crippen molar-refractivity contribution in [3.8, 4) is 0 Å². The van der Waals surface area contributed by atoms with Crippen LogP contribution < -0.4 is 10.9 Å². The number of para-hydroxylation sites is 1. The molecule has 2 aromatic heterocycles. The number of nitrogens with one attached hydrogen (secondary N) is 1. The molecule has 0 bridgehead atoms. The van der Waals surface area contributed by atoms with Crippen LogP contribution in [-0.4, -0.2) is 39.3 Å². The van der Waals surface area contributed by atoms with Crippen LogP contribution in [0.15, 0.2) is 39.6 Å². The Bertz CT molecular complexity index is 1080. The summed E-state index contributed by atoms with van der Waals surface area (Å²) in [6.07, 6.45) is 0.0363. The Morgan fingerprint density at radius 1 is 1.29 bits per heavy atom. The van der Waals surface area contributed by atoms with Crippen LogP contribution in [0.2, 0.25) is 0 Å². The summed E-state index contributed by atoms with van der Waals surface area (Å²) < 4.78 is 6.06. The Labute approximate surface area is 169 Å². The molecule has 8 nitrogen and oxygen atoms in total. The number of nitrogens with zero attached hydrogens (tertiary/aromatic N) is 3. The Hall–Kier alpha value is -2.72. The van der Waals surface area contributed by atoms with E-state index in [1.165, 1.54) is 23.0 Å². The number of thioether (sulfide) groups is 1. The topological polar surface area (TPSA) is 103 Å². The first-order chi connectivity index (χ1) is 13.5. The molecule has 0 unspecified atom stereocenters. The van der Waals surface area contributed by atoms with Gasteiger partial charge in [0.1, 0.15) is 0 Å². The molecular formula is C18H18N4O4S2. The molecule has 3 rings (SSSR count). The van der Waals surface area contributed by atoms with Gasteiger partial charge in [-0.2, -0.15) is 0 Å². The van der Waals surface area contributed by atoms with Gasteiger partial charge in [-0.1, -0.05) is 23.9 Å². The van der Waals surface area contributed by atoms with Crippen LogP contribution >= 0.6 is 23.1 Å². The lowest BCUT2D eigenvalue weighted by atomic mass is 10.2. The van der Waals surface area contributed by atoms with Gasteiger partial charge in [0.15, 0.2) is 10.3 Å². The van der Waals surface area contributed by atoms with Crippen LogP contribution in [0.1, 0.15) is 12.1 Å². The molecule has 0 saturated heterocycles. The van der Waals surface area contributed by atoms with Gasteiger partial charge in [-0.3, -0.25) is 19.0 Å². The van der Waals surface area contributed by atoms with E-state index in [4.69, 9.17) is 0 Å². The van der Waals surface area contributed by atoms with E-state index in [2.05, 4.69) is 20.0 Å². The molecule has 1 N–H and O–H groups in total. The number of methoxy groups -OCH3 is 1. The molecule has 1 amide bonds. The van der Waals surface area contributed by atoms with Gasteiger partial charge < -0.3 is 10.1 Å². The number of rotatable bonds is 7. The molecule has 0 atom stereocenters. The smallest absolute Gasteiger partial charge is 0.307 e. The molecule has 0 fully saturated rings. The zero-order chi connectivity index (χ0) is 20.1. The number of thiazole rings is 1. The second-order valence-electron chi connectivity index (χ2n) is 5.83. The van der Waals surface area contributed by atoms with Gasteiger partial charge in [-0.05, 0) is 19.1 Å². The molecule has 0 aliphatic heterocycles. The molecule has 0 saturated carbocycles. The summed E-state index contributed by atoms with van der Waals surface area (Å²) in [6.45, 7) is 1.97. The van der Waals surface area contributed by atoms with Gasteiger partial charge in [0.2, 0.25) is 5.91 Å². The Balaban J connectivity index is 1.82. The van der Waals surface area contributed by atoms with Crippen LogP contribution in [0.5, 0.6) is 0 Å². The van der Waals surface area contributed by atoms with Gasteiger partial charge in [0.05, 0.1) is 35.9 Å². The van der Waals surface area contributed by atoms with E-state index in [0.717, 1.165) is 17.5 Å². The molecule has 2 heterocycles. The molecule has 10 heteroatoms. The van der Waals surface area contributed by atoms with Crippen LogP contribution in [0.3, 0.4) is 0 Å². The second-order valence-corrected chi connectivity index (χ2v) is 7.63. The zero-order valence-corrected chi connectivity index (χ0v) is 16.9. The number of ether oxygens (including phenoxy) is 1. The van der Waals surface area contributed by atoms with Crippen molar-refractivity contribution >= 4 is 51.0 Å². The summed E-state index contributed by atoms with van der Waals surface area (Å²) in [6, 6.07) is 6.97. The standard InChI is InChI=1S/C18H18N4O4S2/c1-11-9-27-17(19-11)21-14(23)10-28-18-20-13-6-4-3-5-12(13)16(25)22(18)8-7-15(24)26-2/h3-6,9H,7-8,10H2,1-2H3,(H,19,21,23). The number of carbonyl (C=O) groups excluding carboxylic acids is 2. The quantitative estimate of drug-likeness (QED) is 0.357. The number of anilines is 1.